The lowest BCUT2D eigenvalue weighted by Gasteiger charge is -2.28. The van der Waals surface area contributed by atoms with E-state index in [9.17, 15) is 9.59 Å². The van der Waals surface area contributed by atoms with Gasteiger partial charge < -0.3 is 19.9 Å². The minimum atomic E-state index is -0.511. The summed E-state index contributed by atoms with van der Waals surface area (Å²) in [6.45, 7) is 7.12. The van der Waals surface area contributed by atoms with E-state index in [-0.39, 0.29) is 18.0 Å². The smallest absolute Gasteiger partial charge is 0.410 e. The molecule has 1 aliphatic heterocycles. The third-order valence-corrected chi connectivity index (χ3v) is 6.97. The van der Waals surface area contributed by atoms with Crippen LogP contribution < -0.4 is 10.2 Å². The van der Waals surface area contributed by atoms with Crippen molar-refractivity contribution in [3.63, 3.8) is 0 Å². The van der Waals surface area contributed by atoms with E-state index in [0.717, 1.165) is 18.8 Å². The number of nitrogens with zero attached hydrogens (tertiary/aromatic N) is 3. The fourth-order valence-corrected chi connectivity index (χ4v) is 4.94. The summed E-state index contributed by atoms with van der Waals surface area (Å²) >= 11 is 0. The van der Waals surface area contributed by atoms with Gasteiger partial charge in [0.1, 0.15) is 11.4 Å². The summed E-state index contributed by atoms with van der Waals surface area (Å²) in [6, 6.07) is 11.9. The number of benzene rings is 1. The molecule has 1 saturated heterocycles. The number of hydrogen-bond donors (Lipinski definition) is 1. The van der Waals surface area contributed by atoms with Crippen molar-refractivity contribution in [2.24, 2.45) is 0 Å². The molecule has 2 heterocycles. The molecular weight excluding hydrogens is 440 g/mol. The standard InChI is InChI=1S/C28H38N4O3/c1-28(2,3)35-27(34)31(4)24-16-17-32(19-24)25-15-14-23(18-29-25)30-26(33)22-12-10-21(11-13-22)20-8-6-5-7-9-20/h10-15,18,20,24H,5-9,16-17,19H2,1-4H3,(H,30,33). The van der Waals surface area contributed by atoms with E-state index in [1.54, 1.807) is 18.1 Å². The molecule has 35 heavy (non-hydrogen) atoms. The SMILES string of the molecule is CN(C(=O)OC(C)(C)C)C1CCN(c2ccc(NC(=O)c3ccc(C4CCCCC4)cc3)cn2)C1. The Kier molecular flexibility index (Phi) is 7.63. The summed E-state index contributed by atoms with van der Waals surface area (Å²) in [4.78, 5) is 33.5. The van der Waals surface area contributed by atoms with Crippen molar-refractivity contribution in [2.75, 3.05) is 30.4 Å². The first-order chi connectivity index (χ1) is 16.7. The highest BCUT2D eigenvalue weighted by atomic mass is 16.6. The van der Waals surface area contributed by atoms with Gasteiger partial charge in [-0.1, -0.05) is 31.4 Å². The van der Waals surface area contributed by atoms with Crippen LogP contribution in [0.5, 0.6) is 0 Å². The molecule has 1 N–H and O–H groups in total. The van der Waals surface area contributed by atoms with Gasteiger partial charge in [-0.25, -0.2) is 9.78 Å². The fourth-order valence-electron chi connectivity index (χ4n) is 4.94. The predicted molar refractivity (Wildman–Crippen MR) is 139 cm³/mol. The number of aromatic nitrogens is 1. The molecule has 188 valence electrons. The van der Waals surface area contributed by atoms with Crippen molar-refractivity contribution in [3.05, 3.63) is 53.7 Å². The van der Waals surface area contributed by atoms with Crippen molar-refractivity contribution < 1.29 is 14.3 Å². The Morgan fingerprint density at radius 1 is 1.03 bits per heavy atom. The predicted octanol–water partition coefficient (Wildman–Crippen LogP) is 5.83. The second kappa shape index (κ2) is 10.7. The van der Waals surface area contributed by atoms with Gasteiger partial charge in [0.25, 0.3) is 5.91 Å². The van der Waals surface area contributed by atoms with Gasteiger partial charge in [0, 0.05) is 25.7 Å². The molecule has 0 radical (unpaired) electrons. The van der Waals surface area contributed by atoms with Crippen LogP contribution in [0.2, 0.25) is 0 Å². The van der Waals surface area contributed by atoms with E-state index in [0.29, 0.717) is 23.7 Å². The zero-order valence-electron chi connectivity index (χ0n) is 21.4. The van der Waals surface area contributed by atoms with Crippen LogP contribution in [0, 0.1) is 0 Å². The molecule has 4 rings (SSSR count). The Hall–Kier alpha value is -3.09. The molecule has 1 saturated carbocycles. The highest BCUT2D eigenvalue weighted by Crippen LogP contribution is 2.32. The van der Waals surface area contributed by atoms with Crippen LogP contribution >= 0.6 is 0 Å². The molecule has 1 aromatic carbocycles. The third kappa shape index (κ3) is 6.53. The van der Waals surface area contributed by atoms with Crippen molar-refractivity contribution in [3.8, 4) is 0 Å². The molecule has 2 aromatic rings. The zero-order valence-corrected chi connectivity index (χ0v) is 21.4. The maximum Gasteiger partial charge on any atom is 0.410 e. The number of rotatable bonds is 5. The molecule has 1 aromatic heterocycles. The lowest BCUT2D eigenvalue weighted by Crippen LogP contribution is -2.42. The largest absolute Gasteiger partial charge is 0.444 e. The van der Waals surface area contributed by atoms with Gasteiger partial charge in [0.05, 0.1) is 17.9 Å². The molecule has 1 atom stereocenters. The molecular formula is C28H38N4O3. The van der Waals surface area contributed by atoms with Crippen LogP contribution in [0.1, 0.15) is 81.1 Å². The minimum absolute atomic E-state index is 0.0719. The average molecular weight is 479 g/mol. The maximum absolute atomic E-state index is 12.7. The van der Waals surface area contributed by atoms with Crippen LogP contribution in [0.15, 0.2) is 42.6 Å². The summed E-state index contributed by atoms with van der Waals surface area (Å²) < 4.78 is 5.49. The quantitative estimate of drug-likeness (QED) is 0.585. The van der Waals surface area contributed by atoms with Gasteiger partial charge in [-0.05, 0) is 75.8 Å². The highest BCUT2D eigenvalue weighted by molar-refractivity contribution is 6.04. The van der Waals surface area contributed by atoms with Crippen molar-refractivity contribution >= 4 is 23.5 Å². The molecule has 0 spiro atoms. The second-order valence-electron chi connectivity index (χ2n) is 10.8. The van der Waals surface area contributed by atoms with Crippen molar-refractivity contribution in [2.45, 2.75) is 76.9 Å². The zero-order chi connectivity index (χ0) is 25.0. The van der Waals surface area contributed by atoms with Gasteiger partial charge in [-0.3, -0.25) is 4.79 Å². The van der Waals surface area contributed by atoms with E-state index >= 15 is 0 Å². The number of ether oxygens (including phenoxy) is 1. The van der Waals surface area contributed by atoms with Crippen molar-refractivity contribution in [1.82, 2.24) is 9.88 Å². The first-order valence-corrected chi connectivity index (χ1v) is 12.8. The number of carbonyl (C=O) groups is 2. The molecule has 1 aliphatic carbocycles. The number of carbonyl (C=O) groups excluding carboxylic acids is 2. The topological polar surface area (TPSA) is 74.8 Å². The van der Waals surface area contributed by atoms with E-state index in [2.05, 4.69) is 27.3 Å². The number of anilines is 2. The molecule has 2 aliphatic rings. The van der Waals surface area contributed by atoms with E-state index in [1.807, 2.05) is 45.0 Å². The van der Waals surface area contributed by atoms with E-state index in [1.165, 1.54) is 37.7 Å². The average Bonchev–Trinajstić information content (AvgIpc) is 3.34. The van der Waals surface area contributed by atoms with Gasteiger partial charge >= 0.3 is 6.09 Å². The van der Waals surface area contributed by atoms with Crippen LogP contribution in [0.4, 0.5) is 16.3 Å². The van der Waals surface area contributed by atoms with Crippen LogP contribution in [-0.2, 0) is 4.74 Å². The second-order valence-corrected chi connectivity index (χ2v) is 10.8. The Labute approximate surface area is 208 Å². The third-order valence-electron chi connectivity index (χ3n) is 6.97. The van der Waals surface area contributed by atoms with Crippen molar-refractivity contribution in [1.29, 1.82) is 0 Å². The van der Waals surface area contributed by atoms with Crippen LogP contribution in [-0.4, -0.2) is 53.7 Å². The fraction of sp³-hybridized carbons (Fsp3) is 0.536. The Morgan fingerprint density at radius 3 is 2.37 bits per heavy atom. The van der Waals surface area contributed by atoms with Crippen LogP contribution in [0.3, 0.4) is 0 Å². The first kappa shape index (κ1) is 25.0. The lowest BCUT2D eigenvalue weighted by molar-refractivity contribution is 0.0237. The van der Waals surface area contributed by atoms with E-state index < -0.39 is 5.60 Å². The maximum atomic E-state index is 12.7. The molecule has 0 bridgehead atoms. The van der Waals surface area contributed by atoms with E-state index in [4.69, 9.17) is 4.74 Å². The summed E-state index contributed by atoms with van der Waals surface area (Å²) in [6.07, 6.45) is 8.68. The Morgan fingerprint density at radius 2 is 1.74 bits per heavy atom. The number of pyridine rings is 1. The number of nitrogens with one attached hydrogen (secondary N) is 1. The highest BCUT2D eigenvalue weighted by Gasteiger charge is 2.31. The number of amides is 2. The summed E-state index contributed by atoms with van der Waals surface area (Å²) in [7, 11) is 1.79. The number of likely N-dealkylation sites (N-methyl/N-ethyl adjacent to an activating group) is 1. The normalized spacial score (nSPS) is 18.9. The van der Waals surface area contributed by atoms with Gasteiger partial charge in [0.2, 0.25) is 0 Å². The Bertz CT molecular complexity index is 1010. The van der Waals surface area contributed by atoms with Gasteiger partial charge in [-0.15, -0.1) is 0 Å². The summed E-state index contributed by atoms with van der Waals surface area (Å²) in [5, 5.41) is 2.95. The molecule has 7 heteroatoms. The molecule has 7 nitrogen and oxygen atoms in total. The molecule has 2 fully saturated rings. The van der Waals surface area contributed by atoms with Crippen LogP contribution in [0.25, 0.3) is 0 Å². The minimum Gasteiger partial charge on any atom is -0.444 e. The Balaban J connectivity index is 1.30. The monoisotopic (exact) mass is 478 g/mol. The summed E-state index contributed by atoms with van der Waals surface area (Å²) in [5.74, 6) is 1.33. The summed E-state index contributed by atoms with van der Waals surface area (Å²) in [5.41, 5.74) is 2.15. The first-order valence-electron chi connectivity index (χ1n) is 12.8. The van der Waals surface area contributed by atoms with Gasteiger partial charge in [-0.2, -0.15) is 0 Å². The van der Waals surface area contributed by atoms with Gasteiger partial charge in [0.15, 0.2) is 0 Å². The molecule has 1 unspecified atom stereocenters. The lowest BCUT2D eigenvalue weighted by atomic mass is 9.84. The molecule has 2 amide bonds. The number of hydrogen-bond acceptors (Lipinski definition) is 5.